The third kappa shape index (κ3) is 4.17. The summed E-state index contributed by atoms with van der Waals surface area (Å²) in [6.07, 6.45) is 0.143. The zero-order chi connectivity index (χ0) is 19.8. The maximum absolute atomic E-state index is 12.9. The molecular weight excluding hydrogens is 355 g/mol. The summed E-state index contributed by atoms with van der Waals surface area (Å²) in [5.41, 5.74) is 1.17. The van der Waals surface area contributed by atoms with Gasteiger partial charge in [-0.15, -0.1) is 0 Å². The van der Waals surface area contributed by atoms with Crippen LogP contribution in [0.25, 0.3) is 0 Å². The summed E-state index contributed by atoms with van der Waals surface area (Å²) >= 11 is 0. The summed E-state index contributed by atoms with van der Waals surface area (Å²) in [7, 11) is 0. The van der Waals surface area contributed by atoms with Gasteiger partial charge in [0.05, 0.1) is 29.1 Å². The first-order valence-electron chi connectivity index (χ1n) is 9.27. The van der Waals surface area contributed by atoms with E-state index in [-0.39, 0.29) is 11.9 Å². The molecule has 1 aromatic carbocycles. The Bertz CT molecular complexity index is 824. The van der Waals surface area contributed by atoms with Gasteiger partial charge in [0, 0.05) is 12.0 Å². The van der Waals surface area contributed by atoms with Gasteiger partial charge in [-0.3, -0.25) is 9.48 Å². The second-order valence-electron chi connectivity index (χ2n) is 7.24. The average Bonchev–Trinajstić information content (AvgIpc) is 3.38. The summed E-state index contributed by atoms with van der Waals surface area (Å²) in [5, 5.41) is 7.23. The fraction of sp³-hybridized carbons (Fsp3) is 0.500. The van der Waals surface area contributed by atoms with Crippen molar-refractivity contribution < 1.29 is 18.0 Å². The summed E-state index contributed by atoms with van der Waals surface area (Å²) < 4.78 is 40.7. The number of carbonyl (C=O) groups is 1. The quantitative estimate of drug-likeness (QED) is 0.746. The summed E-state index contributed by atoms with van der Waals surface area (Å²) in [5.74, 6) is 0.0440. The molecule has 1 heterocycles. The van der Waals surface area contributed by atoms with E-state index in [1.807, 2.05) is 4.68 Å². The molecule has 2 atom stereocenters. The number of nitrogens with one attached hydrogen (secondary N) is 1. The predicted molar refractivity (Wildman–Crippen MR) is 96.5 cm³/mol. The fourth-order valence-electron chi connectivity index (χ4n) is 3.18. The number of alkyl halides is 3. The van der Waals surface area contributed by atoms with Crippen molar-refractivity contribution in [2.45, 2.75) is 64.2 Å². The summed E-state index contributed by atoms with van der Waals surface area (Å²) in [4.78, 5) is 12.8. The average molecular weight is 379 g/mol. The van der Waals surface area contributed by atoms with E-state index in [1.165, 1.54) is 6.07 Å². The molecule has 0 unspecified atom stereocenters. The molecule has 3 rings (SSSR count). The Balaban J connectivity index is 1.81. The van der Waals surface area contributed by atoms with Crippen molar-refractivity contribution in [1.82, 2.24) is 15.1 Å². The van der Waals surface area contributed by atoms with Crippen molar-refractivity contribution in [3.63, 3.8) is 0 Å². The van der Waals surface area contributed by atoms with Gasteiger partial charge in [-0.25, -0.2) is 0 Å². The molecule has 4 nitrogen and oxygen atoms in total. The molecule has 1 fully saturated rings. The van der Waals surface area contributed by atoms with E-state index in [4.69, 9.17) is 0 Å². The maximum atomic E-state index is 12.9. The van der Waals surface area contributed by atoms with Crippen molar-refractivity contribution in [1.29, 1.82) is 0 Å². The van der Waals surface area contributed by atoms with Crippen LogP contribution in [0.4, 0.5) is 13.2 Å². The van der Waals surface area contributed by atoms with Crippen LogP contribution < -0.4 is 5.32 Å². The molecular formula is C20H24F3N3O. The van der Waals surface area contributed by atoms with Crippen molar-refractivity contribution in [2.24, 2.45) is 0 Å². The van der Waals surface area contributed by atoms with Crippen LogP contribution in [-0.2, 0) is 6.18 Å². The molecule has 1 saturated carbocycles. The van der Waals surface area contributed by atoms with E-state index in [1.54, 1.807) is 19.2 Å². The molecule has 1 aliphatic rings. The zero-order valence-corrected chi connectivity index (χ0v) is 15.7. The van der Waals surface area contributed by atoms with Crippen LogP contribution in [0.3, 0.4) is 0 Å². The van der Waals surface area contributed by atoms with Crippen LogP contribution in [-0.4, -0.2) is 15.7 Å². The highest BCUT2D eigenvalue weighted by molar-refractivity contribution is 5.95. The van der Waals surface area contributed by atoms with Gasteiger partial charge in [0.1, 0.15) is 0 Å². The molecule has 1 amide bonds. The molecule has 0 bridgehead atoms. The summed E-state index contributed by atoms with van der Waals surface area (Å²) in [6.45, 7) is 5.81. The van der Waals surface area contributed by atoms with Gasteiger partial charge in [-0.2, -0.15) is 18.3 Å². The van der Waals surface area contributed by atoms with Gasteiger partial charge in [0.25, 0.3) is 5.91 Å². The number of aromatic nitrogens is 2. The zero-order valence-electron chi connectivity index (χ0n) is 15.7. The van der Waals surface area contributed by atoms with E-state index in [0.29, 0.717) is 17.0 Å². The van der Waals surface area contributed by atoms with Gasteiger partial charge in [-0.05, 0) is 50.8 Å². The molecule has 0 spiro atoms. The number of benzene rings is 1. The van der Waals surface area contributed by atoms with E-state index in [9.17, 15) is 18.0 Å². The molecule has 27 heavy (non-hydrogen) atoms. The van der Waals surface area contributed by atoms with Crippen LogP contribution in [0.2, 0.25) is 0 Å². The maximum Gasteiger partial charge on any atom is 0.416 e. The van der Waals surface area contributed by atoms with Crippen molar-refractivity contribution in [3.8, 4) is 0 Å². The van der Waals surface area contributed by atoms with E-state index in [0.717, 1.165) is 37.1 Å². The molecule has 1 N–H and O–H groups in total. The minimum Gasteiger partial charge on any atom is -0.345 e. The predicted octanol–water partition coefficient (Wildman–Crippen LogP) is 5.24. The number of hydrogen-bond acceptors (Lipinski definition) is 2. The largest absolute Gasteiger partial charge is 0.416 e. The van der Waals surface area contributed by atoms with Gasteiger partial charge in [0.15, 0.2) is 0 Å². The minimum absolute atomic E-state index is 0.197. The Kier molecular flexibility index (Phi) is 5.31. The lowest BCUT2D eigenvalue weighted by atomic mass is 10.0. The lowest BCUT2D eigenvalue weighted by molar-refractivity contribution is -0.137. The highest BCUT2D eigenvalue weighted by Gasteiger charge is 2.34. The van der Waals surface area contributed by atoms with Gasteiger partial charge >= 0.3 is 6.18 Å². The molecule has 1 aliphatic carbocycles. The monoisotopic (exact) mass is 379 g/mol. The Hall–Kier alpha value is -2.31. The highest BCUT2D eigenvalue weighted by atomic mass is 19.4. The smallest absolute Gasteiger partial charge is 0.345 e. The molecule has 1 aromatic heterocycles. The van der Waals surface area contributed by atoms with Crippen molar-refractivity contribution in [2.75, 3.05) is 0 Å². The Morgan fingerprint density at radius 1 is 1.33 bits per heavy atom. The third-order valence-corrected chi connectivity index (χ3v) is 5.11. The standard InChI is InChI=1S/C20H24F3N3O/c1-4-12(2)26-18(14-8-9-14)17(11-24-26)19(27)25-13(3)15-6-5-7-16(10-15)20(21,22)23/h5-7,10-14H,4,8-9H2,1-3H3,(H,25,27)/t12-,13-/m1/s1. The normalized spacial score (nSPS) is 16.8. The van der Waals surface area contributed by atoms with Crippen LogP contribution in [0.5, 0.6) is 0 Å². The summed E-state index contributed by atoms with van der Waals surface area (Å²) in [6, 6.07) is 4.71. The van der Waals surface area contributed by atoms with Gasteiger partial charge in [-0.1, -0.05) is 19.1 Å². The Morgan fingerprint density at radius 2 is 2.04 bits per heavy atom. The van der Waals surface area contributed by atoms with Crippen molar-refractivity contribution >= 4 is 5.91 Å². The fourth-order valence-corrected chi connectivity index (χ4v) is 3.18. The number of halogens is 3. The van der Waals surface area contributed by atoms with E-state index >= 15 is 0 Å². The van der Waals surface area contributed by atoms with Crippen LogP contribution in [0, 0.1) is 0 Å². The first kappa shape index (κ1) is 19.5. The lowest BCUT2D eigenvalue weighted by Crippen LogP contribution is -2.27. The van der Waals surface area contributed by atoms with Crippen LogP contribution in [0.15, 0.2) is 30.5 Å². The molecule has 0 radical (unpaired) electrons. The second kappa shape index (κ2) is 7.37. The number of carbonyl (C=O) groups excluding carboxylic acids is 1. The molecule has 7 heteroatoms. The van der Waals surface area contributed by atoms with Gasteiger partial charge in [0.2, 0.25) is 0 Å². The molecule has 146 valence electrons. The second-order valence-corrected chi connectivity index (χ2v) is 7.24. The van der Waals surface area contributed by atoms with Crippen LogP contribution in [0.1, 0.15) is 85.2 Å². The van der Waals surface area contributed by atoms with Gasteiger partial charge < -0.3 is 5.32 Å². The number of hydrogen-bond donors (Lipinski definition) is 1. The molecule has 0 saturated heterocycles. The first-order valence-corrected chi connectivity index (χ1v) is 9.27. The van der Waals surface area contributed by atoms with E-state index in [2.05, 4.69) is 24.3 Å². The molecule has 2 aromatic rings. The molecule has 0 aliphatic heterocycles. The third-order valence-electron chi connectivity index (χ3n) is 5.11. The first-order chi connectivity index (χ1) is 12.7. The number of nitrogens with zero attached hydrogens (tertiary/aromatic N) is 2. The highest BCUT2D eigenvalue weighted by Crippen LogP contribution is 2.42. The van der Waals surface area contributed by atoms with Crippen LogP contribution >= 0.6 is 0 Å². The number of amides is 1. The van der Waals surface area contributed by atoms with Crippen molar-refractivity contribution in [3.05, 3.63) is 52.8 Å². The Morgan fingerprint density at radius 3 is 2.63 bits per heavy atom. The number of rotatable bonds is 6. The Labute approximate surface area is 156 Å². The lowest BCUT2D eigenvalue weighted by Gasteiger charge is -2.17. The minimum atomic E-state index is -4.41. The van der Waals surface area contributed by atoms with E-state index < -0.39 is 17.8 Å². The SMILES string of the molecule is CC[C@@H](C)n1ncc(C(=O)N[C@H](C)c2cccc(C(F)(F)F)c2)c1C1CC1. The topological polar surface area (TPSA) is 46.9 Å².